The van der Waals surface area contributed by atoms with Crippen molar-refractivity contribution < 1.29 is 4.79 Å². The van der Waals surface area contributed by atoms with E-state index in [9.17, 15) is 4.79 Å². The predicted octanol–water partition coefficient (Wildman–Crippen LogP) is 2.54. The normalized spacial score (nSPS) is 16.3. The summed E-state index contributed by atoms with van der Waals surface area (Å²) in [5.74, 6) is 0.313. The number of rotatable bonds is 7. The van der Waals surface area contributed by atoms with Crippen molar-refractivity contribution in [1.29, 1.82) is 0 Å². The molecule has 27 heavy (non-hydrogen) atoms. The number of aromatic nitrogens is 1. The minimum atomic E-state index is -0.154. The number of nitrogens with two attached hydrogens (primary N) is 1. The van der Waals surface area contributed by atoms with Gasteiger partial charge in [0.05, 0.1) is 6.04 Å². The van der Waals surface area contributed by atoms with Gasteiger partial charge in [0.15, 0.2) is 5.78 Å². The number of hydrogen-bond donors (Lipinski definition) is 1. The third-order valence-corrected chi connectivity index (χ3v) is 4.94. The zero-order valence-electron chi connectivity index (χ0n) is 16.6. The third-order valence-electron chi connectivity index (χ3n) is 4.94. The molecule has 3 rings (SSSR count). The first-order valence-electron chi connectivity index (χ1n) is 9.71. The van der Waals surface area contributed by atoms with Crippen molar-refractivity contribution in [1.82, 2.24) is 14.8 Å². The summed E-state index contributed by atoms with van der Waals surface area (Å²) in [4.78, 5) is 21.9. The number of benzene rings is 1. The van der Waals surface area contributed by atoms with E-state index in [-0.39, 0.29) is 6.04 Å². The number of piperazine rings is 1. The van der Waals surface area contributed by atoms with Crippen LogP contribution in [0.25, 0.3) is 0 Å². The highest BCUT2D eigenvalue weighted by Crippen LogP contribution is 2.24. The molecular weight excluding hydrogens is 336 g/mol. The van der Waals surface area contributed by atoms with Gasteiger partial charge in [-0.1, -0.05) is 36.4 Å². The second kappa shape index (κ2) is 11.6. The highest BCUT2D eigenvalue weighted by Gasteiger charge is 2.29. The average molecular weight is 369 g/mol. The average Bonchev–Trinajstić information content (AvgIpc) is 2.73. The molecule has 1 aliphatic rings. The van der Waals surface area contributed by atoms with E-state index in [1.54, 1.807) is 6.20 Å². The molecule has 2 heterocycles. The summed E-state index contributed by atoms with van der Waals surface area (Å²) >= 11 is 0. The molecule has 0 bridgehead atoms. The first kappa shape index (κ1) is 21.2. The Morgan fingerprint density at radius 1 is 1.07 bits per heavy atom. The Hall–Kier alpha value is -2.08. The van der Waals surface area contributed by atoms with Gasteiger partial charge in [0.25, 0.3) is 0 Å². The summed E-state index contributed by atoms with van der Waals surface area (Å²) in [6, 6.07) is 14.2. The van der Waals surface area contributed by atoms with Gasteiger partial charge in [-0.3, -0.25) is 14.7 Å². The minimum absolute atomic E-state index is 0.154. The zero-order valence-corrected chi connectivity index (χ0v) is 16.6. The summed E-state index contributed by atoms with van der Waals surface area (Å²) < 4.78 is 0. The second-order valence-electron chi connectivity index (χ2n) is 6.83. The summed E-state index contributed by atoms with van der Waals surface area (Å²) in [7, 11) is 3.64. The Bertz CT molecular complexity index is 655. The Kier molecular flexibility index (Phi) is 9.11. The Morgan fingerprint density at radius 2 is 1.78 bits per heavy atom. The van der Waals surface area contributed by atoms with Crippen LogP contribution in [0, 0.1) is 0 Å². The minimum Gasteiger partial charge on any atom is -0.333 e. The van der Waals surface area contributed by atoms with E-state index < -0.39 is 0 Å². The van der Waals surface area contributed by atoms with Crippen LogP contribution in [0.5, 0.6) is 0 Å². The molecule has 0 amide bonds. The molecule has 5 nitrogen and oxygen atoms in total. The van der Waals surface area contributed by atoms with Gasteiger partial charge in [0.2, 0.25) is 0 Å². The van der Waals surface area contributed by atoms with Crippen LogP contribution in [0.3, 0.4) is 0 Å². The molecule has 0 spiro atoms. The van der Waals surface area contributed by atoms with E-state index in [1.807, 2.05) is 24.4 Å². The molecule has 0 aliphatic carbocycles. The largest absolute Gasteiger partial charge is 0.333 e. The highest BCUT2D eigenvalue weighted by molar-refractivity contribution is 5.85. The summed E-state index contributed by atoms with van der Waals surface area (Å²) in [5, 5.41) is 0. The van der Waals surface area contributed by atoms with Crippen molar-refractivity contribution in [2.75, 3.05) is 40.3 Å². The van der Waals surface area contributed by atoms with Crippen LogP contribution >= 0.6 is 0 Å². The van der Waals surface area contributed by atoms with E-state index in [4.69, 9.17) is 0 Å². The molecule has 0 radical (unpaired) electrons. The van der Waals surface area contributed by atoms with Crippen LogP contribution in [0.1, 0.15) is 30.0 Å². The second-order valence-corrected chi connectivity index (χ2v) is 6.83. The number of ketones is 1. The van der Waals surface area contributed by atoms with Gasteiger partial charge in [-0.2, -0.15) is 0 Å². The lowest BCUT2D eigenvalue weighted by atomic mass is 9.97. The van der Waals surface area contributed by atoms with E-state index in [2.05, 4.69) is 51.8 Å². The zero-order chi connectivity index (χ0) is 19.5. The lowest BCUT2D eigenvalue weighted by Crippen LogP contribution is -2.47. The third kappa shape index (κ3) is 6.54. The van der Waals surface area contributed by atoms with E-state index in [1.165, 1.54) is 12.6 Å². The summed E-state index contributed by atoms with van der Waals surface area (Å²) in [6.07, 6.45) is 6.08. The highest BCUT2D eigenvalue weighted by atomic mass is 16.1. The number of carbonyl (C=O) groups is 1. The van der Waals surface area contributed by atoms with E-state index in [0.717, 1.165) is 44.6 Å². The fraction of sp³-hybridized carbons (Fsp3) is 0.455. The molecule has 5 heteroatoms. The molecule has 1 aliphatic heterocycles. The molecule has 1 aromatic heterocycles. The number of nitrogens with zero attached hydrogens (tertiary/aromatic N) is 3. The number of likely N-dealkylation sites (N-methyl/N-ethyl adjacent to an activating group) is 1. The summed E-state index contributed by atoms with van der Waals surface area (Å²) in [5.41, 5.74) is 6.82. The molecule has 1 unspecified atom stereocenters. The van der Waals surface area contributed by atoms with E-state index in [0.29, 0.717) is 12.2 Å². The fourth-order valence-electron chi connectivity index (χ4n) is 3.47. The molecule has 1 saturated heterocycles. The number of hydrogen-bond acceptors (Lipinski definition) is 5. The van der Waals surface area contributed by atoms with Gasteiger partial charge < -0.3 is 10.6 Å². The van der Waals surface area contributed by atoms with Crippen LogP contribution in [0.2, 0.25) is 0 Å². The number of Topliss-reactive ketones (excluding diaryl/α,β-unsaturated/α-hetero) is 1. The molecule has 2 N–H and O–H groups in total. The van der Waals surface area contributed by atoms with Crippen LogP contribution in [0.4, 0.5) is 0 Å². The quantitative estimate of drug-likeness (QED) is 0.814. The monoisotopic (exact) mass is 368 g/mol. The van der Waals surface area contributed by atoms with Crippen LogP contribution in [-0.2, 0) is 11.2 Å². The lowest BCUT2D eigenvalue weighted by Gasteiger charge is -2.37. The van der Waals surface area contributed by atoms with Gasteiger partial charge >= 0.3 is 0 Å². The smallest absolute Gasteiger partial charge is 0.154 e. The van der Waals surface area contributed by atoms with Crippen molar-refractivity contribution in [2.45, 2.75) is 25.3 Å². The molecule has 1 atom stereocenters. The maximum atomic E-state index is 13.0. The van der Waals surface area contributed by atoms with E-state index >= 15 is 0 Å². The molecule has 0 saturated carbocycles. The van der Waals surface area contributed by atoms with Gasteiger partial charge in [-0.05, 0) is 44.1 Å². The van der Waals surface area contributed by atoms with Crippen molar-refractivity contribution in [3.63, 3.8) is 0 Å². The molecule has 2 aromatic rings. The van der Waals surface area contributed by atoms with Crippen LogP contribution in [0.15, 0.2) is 54.9 Å². The van der Waals surface area contributed by atoms with Crippen molar-refractivity contribution >= 4 is 5.78 Å². The molecule has 1 aromatic carbocycles. The lowest BCUT2D eigenvalue weighted by molar-refractivity contribution is -0.125. The Labute approximate surface area is 163 Å². The van der Waals surface area contributed by atoms with Gasteiger partial charge in [0, 0.05) is 45.0 Å². The molecule has 146 valence electrons. The maximum Gasteiger partial charge on any atom is 0.154 e. The van der Waals surface area contributed by atoms with Gasteiger partial charge in [-0.25, -0.2) is 0 Å². The van der Waals surface area contributed by atoms with Crippen molar-refractivity contribution in [2.24, 2.45) is 5.73 Å². The predicted molar refractivity (Wildman–Crippen MR) is 111 cm³/mol. The number of pyridine rings is 1. The first-order valence-corrected chi connectivity index (χ1v) is 9.71. The molecule has 1 fully saturated rings. The van der Waals surface area contributed by atoms with Crippen molar-refractivity contribution in [3.8, 4) is 0 Å². The number of aryl methyl sites for hydroxylation is 1. The standard InChI is InChI=1S/C21H27N3O.CH5N/c1-23-13-15-24(16-14-23)21(19-10-6-12-22-17-19)20(25)11-5-9-18-7-3-2-4-8-18;1-2/h2-4,6-8,10,12,17,21H,5,9,11,13-16H2,1H3;2H2,1H3. The maximum absolute atomic E-state index is 13.0. The Balaban J connectivity index is 0.00000126. The first-order chi connectivity index (χ1) is 13.2. The topological polar surface area (TPSA) is 62.5 Å². The fourth-order valence-corrected chi connectivity index (χ4v) is 3.47. The van der Waals surface area contributed by atoms with Gasteiger partial charge in [0.1, 0.15) is 0 Å². The van der Waals surface area contributed by atoms with Crippen molar-refractivity contribution in [3.05, 3.63) is 66.0 Å². The SMILES string of the molecule is CN.CN1CCN(C(C(=O)CCCc2ccccc2)c2cccnc2)CC1. The van der Waals surface area contributed by atoms with Gasteiger partial charge in [-0.15, -0.1) is 0 Å². The Morgan fingerprint density at radius 3 is 2.41 bits per heavy atom. The molecular formula is C22H32N4O. The summed E-state index contributed by atoms with van der Waals surface area (Å²) in [6.45, 7) is 3.88. The van der Waals surface area contributed by atoms with Crippen LogP contribution < -0.4 is 5.73 Å². The number of carbonyl (C=O) groups excluding carboxylic acids is 1. The van der Waals surface area contributed by atoms with Crippen LogP contribution in [-0.4, -0.2) is 60.8 Å².